The van der Waals surface area contributed by atoms with E-state index in [1.807, 2.05) is 31.2 Å². The predicted molar refractivity (Wildman–Crippen MR) is 114 cm³/mol. The van der Waals surface area contributed by atoms with E-state index in [4.69, 9.17) is 4.74 Å². The summed E-state index contributed by atoms with van der Waals surface area (Å²) < 4.78 is 5.00. The molecule has 0 fully saturated rings. The van der Waals surface area contributed by atoms with Gasteiger partial charge in [-0.2, -0.15) is 0 Å². The van der Waals surface area contributed by atoms with Crippen molar-refractivity contribution in [2.45, 2.75) is 20.4 Å². The number of ether oxygens (including phenoxy) is 1. The van der Waals surface area contributed by atoms with Crippen molar-refractivity contribution in [2.24, 2.45) is 0 Å². The Kier molecular flexibility index (Phi) is 6.60. The summed E-state index contributed by atoms with van der Waals surface area (Å²) in [4.78, 5) is 35.7. The van der Waals surface area contributed by atoms with Gasteiger partial charge in [-0.1, -0.05) is 35.9 Å². The fraction of sp³-hybridized carbons (Fsp3) is 0.125. The summed E-state index contributed by atoms with van der Waals surface area (Å²) in [6.45, 7) is 3.65. The molecule has 0 heterocycles. The van der Waals surface area contributed by atoms with Crippen LogP contribution in [0.1, 0.15) is 38.8 Å². The molecule has 0 spiro atoms. The van der Waals surface area contributed by atoms with Gasteiger partial charge < -0.3 is 15.4 Å². The molecule has 6 heteroatoms. The third-order valence-corrected chi connectivity index (χ3v) is 4.34. The van der Waals surface area contributed by atoms with E-state index in [1.54, 1.807) is 42.5 Å². The van der Waals surface area contributed by atoms with Crippen LogP contribution in [0.15, 0.2) is 72.8 Å². The van der Waals surface area contributed by atoms with Crippen molar-refractivity contribution >= 4 is 23.5 Å². The first-order valence-electron chi connectivity index (χ1n) is 9.44. The lowest BCUT2D eigenvalue weighted by molar-refractivity contribution is -0.131. The number of esters is 1. The van der Waals surface area contributed by atoms with Crippen LogP contribution in [-0.2, 0) is 11.3 Å². The second-order valence-corrected chi connectivity index (χ2v) is 6.82. The van der Waals surface area contributed by atoms with Gasteiger partial charge in [-0.3, -0.25) is 14.4 Å². The van der Waals surface area contributed by atoms with Gasteiger partial charge in [-0.25, -0.2) is 0 Å². The molecule has 30 heavy (non-hydrogen) atoms. The molecule has 0 aliphatic heterocycles. The molecule has 0 radical (unpaired) electrons. The van der Waals surface area contributed by atoms with Crippen LogP contribution in [0.2, 0.25) is 0 Å². The molecule has 0 aromatic heterocycles. The first kappa shape index (κ1) is 20.8. The molecule has 0 aliphatic carbocycles. The maximum absolute atomic E-state index is 12.4. The van der Waals surface area contributed by atoms with Gasteiger partial charge >= 0.3 is 5.97 Å². The fourth-order valence-corrected chi connectivity index (χ4v) is 2.77. The lowest BCUT2D eigenvalue weighted by atomic mass is 10.1. The van der Waals surface area contributed by atoms with Crippen molar-refractivity contribution in [3.63, 3.8) is 0 Å². The van der Waals surface area contributed by atoms with Crippen LogP contribution in [-0.4, -0.2) is 17.8 Å². The van der Waals surface area contributed by atoms with E-state index in [2.05, 4.69) is 10.6 Å². The zero-order chi connectivity index (χ0) is 21.5. The van der Waals surface area contributed by atoms with Crippen LogP contribution >= 0.6 is 0 Å². The maximum atomic E-state index is 12.4. The van der Waals surface area contributed by atoms with Crippen LogP contribution in [0.5, 0.6) is 5.75 Å². The number of carbonyl (C=O) groups excluding carboxylic acids is 3. The van der Waals surface area contributed by atoms with E-state index in [1.165, 1.54) is 13.0 Å². The maximum Gasteiger partial charge on any atom is 0.308 e. The molecule has 6 nitrogen and oxygen atoms in total. The van der Waals surface area contributed by atoms with Gasteiger partial charge in [0.25, 0.3) is 11.8 Å². The highest BCUT2D eigenvalue weighted by molar-refractivity contribution is 6.04. The number of carbonyl (C=O) groups is 3. The summed E-state index contributed by atoms with van der Waals surface area (Å²) in [6.07, 6.45) is 0. The molecule has 0 saturated heterocycles. The molecular formula is C24H22N2O4. The number of hydrogen-bond acceptors (Lipinski definition) is 4. The summed E-state index contributed by atoms with van der Waals surface area (Å²) in [5.41, 5.74) is 3.61. The lowest BCUT2D eigenvalue weighted by Gasteiger charge is -2.09. The molecule has 0 saturated carbocycles. The molecule has 0 unspecified atom stereocenters. The molecule has 0 bridgehead atoms. The topological polar surface area (TPSA) is 84.5 Å². The van der Waals surface area contributed by atoms with Crippen molar-refractivity contribution in [1.82, 2.24) is 5.32 Å². The zero-order valence-corrected chi connectivity index (χ0v) is 16.8. The third kappa shape index (κ3) is 5.78. The average molecular weight is 402 g/mol. The highest BCUT2D eigenvalue weighted by Gasteiger charge is 2.09. The first-order valence-corrected chi connectivity index (χ1v) is 9.44. The minimum absolute atomic E-state index is 0.139. The molecule has 3 rings (SSSR count). The normalized spacial score (nSPS) is 10.2. The monoisotopic (exact) mass is 402 g/mol. The van der Waals surface area contributed by atoms with Gasteiger partial charge in [-0.05, 0) is 55.0 Å². The van der Waals surface area contributed by atoms with Crippen LogP contribution in [0.25, 0.3) is 0 Å². The molecule has 2 N–H and O–H groups in total. The van der Waals surface area contributed by atoms with E-state index >= 15 is 0 Å². The summed E-state index contributed by atoms with van der Waals surface area (Å²) in [7, 11) is 0. The van der Waals surface area contributed by atoms with Crippen molar-refractivity contribution in [1.29, 1.82) is 0 Å². The molecule has 0 aliphatic rings. The van der Waals surface area contributed by atoms with Crippen LogP contribution in [0, 0.1) is 6.92 Å². The van der Waals surface area contributed by atoms with Gasteiger partial charge in [0.05, 0.1) is 0 Å². The quantitative estimate of drug-likeness (QED) is 0.480. The predicted octanol–water partition coefficient (Wildman–Crippen LogP) is 4.10. The number of nitrogens with one attached hydrogen (secondary N) is 2. The van der Waals surface area contributed by atoms with Gasteiger partial charge in [-0.15, -0.1) is 0 Å². The zero-order valence-electron chi connectivity index (χ0n) is 16.8. The van der Waals surface area contributed by atoms with Crippen molar-refractivity contribution < 1.29 is 19.1 Å². The Morgan fingerprint density at radius 2 is 1.53 bits per heavy atom. The first-order chi connectivity index (χ1) is 14.4. The van der Waals surface area contributed by atoms with Crippen LogP contribution in [0.3, 0.4) is 0 Å². The van der Waals surface area contributed by atoms with Crippen molar-refractivity contribution in [2.75, 3.05) is 5.32 Å². The Morgan fingerprint density at radius 1 is 0.833 bits per heavy atom. The SMILES string of the molecule is CC(=O)Oc1cccc(C(=O)Nc2ccc(CNC(=O)c3ccc(C)cc3)cc2)c1. The average Bonchev–Trinajstić information content (AvgIpc) is 2.73. The number of rotatable bonds is 6. The van der Waals surface area contributed by atoms with Gasteiger partial charge in [0.1, 0.15) is 5.75 Å². The second-order valence-electron chi connectivity index (χ2n) is 6.82. The highest BCUT2D eigenvalue weighted by atomic mass is 16.5. The molecule has 2 amide bonds. The minimum atomic E-state index is -0.447. The van der Waals surface area contributed by atoms with E-state index in [0.717, 1.165) is 11.1 Å². The van der Waals surface area contributed by atoms with Gasteiger partial charge in [0.2, 0.25) is 0 Å². The van der Waals surface area contributed by atoms with Crippen LogP contribution in [0.4, 0.5) is 5.69 Å². The summed E-state index contributed by atoms with van der Waals surface area (Å²) in [6, 6.07) is 21.0. The fourth-order valence-electron chi connectivity index (χ4n) is 2.77. The Bertz CT molecular complexity index is 1060. The molecule has 0 atom stereocenters. The highest BCUT2D eigenvalue weighted by Crippen LogP contribution is 2.16. The number of anilines is 1. The van der Waals surface area contributed by atoms with E-state index < -0.39 is 5.97 Å². The number of amides is 2. The number of hydrogen-bond donors (Lipinski definition) is 2. The summed E-state index contributed by atoms with van der Waals surface area (Å²) in [5, 5.41) is 5.67. The smallest absolute Gasteiger partial charge is 0.308 e. The van der Waals surface area contributed by atoms with Gasteiger partial charge in [0, 0.05) is 30.3 Å². The number of benzene rings is 3. The van der Waals surface area contributed by atoms with Crippen molar-refractivity contribution in [3.05, 3.63) is 95.1 Å². The molecule has 152 valence electrons. The van der Waals surface area contributed by atoms with E-state index in [0.29, 0.717) is 29.1 Å². The molecule has 3 aromatic carbocycles. The lowest BCUT2D eigenvalue weighted by Crippen LogP contribution is -2.22. The van der Waals surface area contributed by atoms with Gasteiger partial charge in [0.15, 0.2) is 0 Å². The Hall–Kier alpha value is -3.93. The van der Waals surface area contributed by atoms with Crippen LogP contribution < -0.4 is 15.4 Å². The van der Waals surface area contributed by atoms with Crippen molar-refractivity contribution in [3.8, 4) is 5.75 Å². The Morgan fingerprint density at radius 3 is 2.20 bits per heavy atom. The molecule has 3 aromatic rings. The standard InChI is InChI=1S/C24H22N2O4/c1-16-6-10-19(11-7-16)23(28)25-15-18-8-12-21(13-9-18)26-24(29)20-4-3-5-22(14-20)30-17(2)27/h3-14H,15H2,1-2H3,(H,25,28)(H,26,29). The molecular weight excluding hydrogens is 380 g/mol. The Balaban J connectivity index is 1.56. The minimum Gasteiger partial charge on any atom is -0.427 e. The second kappa shape index (κ2) is 9.52. The largest absolute Gasteiger partial charge is 0.427 e. The summed E-state index contributed by atoms with van der Waals surface area (Å²) >= 11 is 0. The third-order valence-electron chi connectivity index (χ3n) is 4.34. The summed E-state index contributed by atoms with van der Waals surface area (Å²) in [5.74, 6) is -0.586. The number of aryl methyl sites for hydroxylation is 1. The Labute approximate surface area is 174 Å². The van der Waals surface area contributed by atoms with E-state index in [-0.39, 0.29) is 11.8 Å². The van der Waals surface area contributed by atoms with E-state index in [9.17, 15) is 14.4 Å².